The van der Waals surface area contributed by atoms with E-state index in [1.54, 1.807) is 6.07 Å². The summed E-state index contributed by atoms with van der Waals surface area (Å²) in [5.74, 6) is 1.30. The molecule has 1 aliphatic rings. The Morgan fingerprint density at radius 2 is 1.69 bits per heavy atom. The van der Waals surface area contributed by atoms with Gasteiger partial charge in [0.2, 0.25) is 5.95 Å². The second-order valence-corrected chi connectivity index (χ2v) is 5.56. The van der Waals surface area contributed by atoms with Gasteiger partial charge < -0.3 is 16.8 Å². The molecule has 0 radical (unpaired) electrons. The van der Waals surface area contributed by atoms with E-state index in [0.717, 1.165) is 0 Å². The maximum absolute atomic E-state index is 5.62. The van der Waals surface area contributed by atoms with Gasteiger partial charge in [0.05, 0.1) is 0 Å². The number of hydrogen-bond donors (Lipinski definition) is 3. The predicted octanol–water partition coefficient (Wildman–Crippen LogP) is 1.49. The van der Waals surface area contributed by atoms with Crippen molar-refractivity contribution in [2.45, 2.75) is 33.7 Å². The maximum Gasteiger partial charge on any atom is 0.223 e. The molecular formula is C11H19N5. The molecule has 88 valence electrons. The summed E-state index contributed by atoms with van der Waals surface area (Å²) < 4.78 is 0. The number of aromatic nitrogens is 2. The van der Waals surface area contributed by atoms with Crippen molar-refractivity contribution in [1.82, 2.24) is 9.97 Å². The minimum absolute atomic E-state index is 0.207. The van der Waals surface area contributed by atoms with Crippen LogP contribution in [0.3, 0.4) is 0 Å². The lowest BCUT2D eigenvalue weighted by atomic mass is 10.0. The van der Waals surface area contributed by atoms with E-state index in [0.29, 0.717) is 17.7 Å². The zero-order valence-corrected chi connectivity index (χ0v) is 10.2. The van der Waals surface area contributed by atoms with E-state index in [2.05, 4.69) is 43.0 Å². The molecule has 0 unspecified atom stereocenters. The fourth-order valence-electron chi connectivity index (χ4n) is 2.26. The third-order valence-electron chi connectivity index (χ3n) is 4.08. The number of hydrogen-bond acceptors (Lipinski definition) is 5. The molecule has 5 N–H and O–H groups in total. The van der Waals surface area contributed by atoms with Gasteiger partial charge >= 0.3 is 0 Å². The SMILES string of the molecule is CC1(C)C(Nc2cc(N)nc(N)n2)C1(C)C. The first-order valence-corrected chi connectivity index (χ1v) is 5.42. The van der Waals surface area contributed by atoms with Gasteiger partial charge in [0.1, 0.15) is 11.6 Å². The normalized spacial score (nSPS) is 21.8. The molecule has 5 heteroatoms. The van der Waals surface area contributed by atoms with Gasteiger partial charge in [0.15, 0.2) is 0 Å². The quantitative estimate of drug-likeness (QED) is 0.704. The number of nitrogen functional groups attached to an aromatic ring is 2. The van der Waals surface area contributed by atoms with E-state index >= 15 is 0 Å². The van der Waals surface area contributed by atoms with Crippen LogP contribution in [0.15, 0.2) is 6.07 Å². The van der Waals surface area contributed by atoms with Gasteiger partial charge in [0.25, 0.3) is 0 Å². The van der Waals surface area contributed by atoms with Crippen molar-refractivity contribution in [3.63, 3.8) is 0 Å². The lowest BCUT2D eigenvalue weighted by Crippen LogP contribution is -2.13. The Bertz CT molecular complexity index is 390. The topological polar surface area (TPSA) is 89.8 Å². The molecule has 0 aromatic carbocycles. The molecule has 16 heavy (non-hydrogen) atoms. The van der Waals surface area contributed by atoms with Crippen molar-refractivity contribution >= 4 is 17.6 Å². The standard InChI is InChI=1S/C11H19N5/c1-10(2)8(11(10,3)4)15-7-5-6(12)14-9(13)16-7/h5,8H,1-4H3,(H5,12,13,14,15,16). The van der Waals surface area contributed by atoms with Crippen LogP contribution in [-0.4, -0.2) is 16.0 Å². The monoisotopic (exact) mass is 221 g/mol. The van der Waals surface area contributed by atoms with Crippen molar-refractivity contribution in [2.24, 2.45) is 10.8 Å². The molecule has 1 fully saturated rings. The summed E-state index contributed by atoms with van der Waals surface area (Å²) in [5, 5.41) is 3.37. The van der Waals surface area contributed by atoms with Crippen molar-refractivity contribution in [3.8, 4) is 0 Å². The van der Waals surface area contributed by atoms with Crippen molar-refractivity contribution in [1.29, 1.82) is 0 Å². The molecule has 0 atom stereocenters. The molecule has 0 bridgehead atoms. The van der Waals surface area contributed by atoms with Gasteiger partial charge in [-0.15, -0.1) is 0 Å². The van der Waals surface area contributed by atoms with Crippen molar-refractivity contribution in [3.05, 3.63) is 6.07 Å². The number of rotatable bonds is 2. The first-order chi connectivity index (χ1) is 7.25. The lowest BCUT2D eigenvalue weighted by molar-refractivity contribution is 0.457. The third kappa shape index (κ3) is 1.47. The minimum Gasteiger partial charge on any atom is -0.383 e. The van der Waals surface area contributed by atoms with E-state index in [-0.39, 0.29) is 16.8 Å². The molecule has 0 spiro atoms. The highest BCUT2D eigenvalue weighted by Crippen LogP contribution is 2.63. The maximum atomic E-state index is 5.62. The fourth-order valence-corrected chi connectivity index (χ4v) is 2.26. The highest BCUT2D eigenvalue weighted by molar-refractivity contribution is 5.51. The highest BCUT2D eigenvalue weighted by atomic mass is 15.1. The van der Waals surface area contributed by atoms with Crippen LogP contribution in [0, 0.1) is 10.8 Å². The van der Waals surface area contributed by atoms with Crippen LogP contribution < -0.4 is 16.8 Å². The number of nitrogens with two attached hydrogens (primary N) is 2. The lowest BCUT2D eigenvalue weighted by Gasteiger charge is -2.08. The van der Waals surface area contributed by atoms with Crippen LogP contribution >= 0.6 is 0 Å². The van der Waals surface area contributed by atoms with Gasteiger partial charge in [-0.2, -0.15) is 9.97 Å². The summed E-state index contributed by atoms with van der Waals surface area (Å²) in [6.07, 6.45) is 0. The number of anilines is 3. The van der Waals surface area contributed by atoms with Crippen LogP contribution in [0.25, 0.3) is 0 Å². The van der Waals surface area contributed by atoms with Crippen LogP contribution in [0.5, 0.6) is 0 Å². The summed E-state index contributed by atoms with van der Waals surface area (Å²) in [6, 6.07) is 2.09. The summed E-state index contributed by atoms with van der Waals surface area (Å²) in [6.45, 7) is 8.94. The summed E-state index contributed by atoms with van der Waals surface area (Å²) in [4.78, 5) is 7.96. The average molecular weight is 221 g/mol. The second kappa shape index (κ2) is 2.99. The number of nitrogens with one attached hydrogen (secondary N) is 1. The van der Waals surface area contributed by atoms with Crippen LogP contribution in [0.2, 0.25) is 0 Å². The smallest absolute Gasteiger partial charge is 0.223 e. The molecule has 0 amide bonds. The van der Waals surface area contributed by atoms with Crippen molar-refractivity contribution in [2.75, 3.05) is 16.8 Å². The van der Waals surface area contributed by atoms with E-state index in [1.807, 2.05) is 0 Å². The van der Waals surface area contributed by atoms with E-state index in [1.165, 1.54) is 0 Å². The molecular weight excluding hydrogens is 202 g/mol. The van der Waals surface area contributed by atoms with Gasteiger partial charge in [-0.3, -0.25) is 0 Å². The van der Waals surface area contributed by atoms with Gasteiger partial charge in [-0.05, 0) is 10.8 Å². The van der Waals surface area contributed by atoms with Crippen LogP contribution in [0.1, 0.15) is 27.7 Å². The molecule has 5 nitrogen and oxygen atoms in total. The van der Waals surface area contributed by atoms with Gasteiger partial charge in [-0.1, -0.05) is 27.7 Å². The summed E-state index contributed by atoms with van der Waals surface area (Å²) in [7, 11) is 0. The first-order valence-electron chi connectivity index (χ1n) is 5.42. The molecule has 0 saturated heterocycles. The summed E-state index contributed by atoms with van der Waals surface area (Å²) in [5.41, 5.74) is 11.7. The molecule has 1 aromatic rings. The van der Waals surface area contributed by atoms with Gasteiger partial charge in [-0.25, -0.2) is 0 Å². The Morgan fingerprint density at radius 3 is 2.12 bits per heavy atom. The highest BCUT2D eigenvalue weighted by Gasteiger charge is 2.65. The third-order valence-corrected chi connectivity index (χ3v) is 4.08. The Hall–Kier alpha value is -1.52. The molecule has 1 heterocycles. The Labute approximate surface area is 95.6 Å². The van der Waals surface area contributed by atoms with Crippen molar-refractivity contribution < 1.29 is 0 Å². The Morgan fingerprint density at radius 1 is 1.12 bits per heavy atom. The molecule has 1 aliphatic carbocycles. The zero-order valence-electron chi connectivity index (χ0n) is 10.2. The van der Waals surface area contributed by atoms with E-state index in [9.17, 15) is 0 Å². The molecule has 1 aromatic heterocycles. The van der Waals surface area contributed by atoms with Crippen LogP contribution in [0.4, 0.5) is 17.6 Å². The average Bonchev–Trinajstić information content (AvgIpc) is 2.46. The molecule has 2 rings (SSSR count). The molecule has 0 aliphatic heterocycles. The van der Waals surface area contributed by atoms with Gasteiger partial charge in [0, 0.05) is 12.1 Å². The molecule has 1 saturated carbocycles. The second-order valence-electron chi connectivity index (χ2n) is 5.56. The Balaban J connectivity index is 2.18. The van der Waals surface area contributed by atoms with Crippen LogP contribution in [-0.2, 0) is 0 Å². The largest absolute Gasteiger partial charge is 0.383 e. The fraction of sp³-hybridized carbons (Fsp3) is 0.636. The number of nitrogens with zero attached hydrogens (tertiary/aromatic N) is 2. The first kappa shape index (κ1) is 11.0. The predicted molar refractivity (Wildman–Crippen MR) is 65.8 cm³/mol. The van der Waals surface area contributed by atoms with E-state index < -0.39 is 0 Å². The minimum atomic E-state index is 0.207. The zero-order chi connectivity index (χ0) is 12.1. The van der Waals surface area contributed by atoms with E-state index in [4.69, 9.17) is 11.5 Å². The Kier molecular flexibility index (Phi) is 2.05. The summed E-state index contributed by atoms with van der Waals surface area (Å²) >= 11 is 0.